The van der Waals surface area contributed by atoms with E-state index in [-0.39, 0.29) is 17.4 Å². The maximum atomic E-state index is 12.7. The standard InChI is InChI=1S/C23H26N6O2/c1-28-10-12-29(13-11-28)18-6-9-20(24)21(15-18)25-23(31)22-14-17(26-27-22)5-2-16-3-7-19(30)8-4-16/h2-9,14-15,30H,10-13,24H2,1H3,(H,25,31)(H,26,27)/b5-2+. The molecule has 160 valence electrons. The van der Waals surface area contributed by atoms with Gasteiger partial charge in [0.15, 0.2) is 5.69 Å². The van der Waals surface area contributed by atoms with Crippen LogP contribution in [0.1, 0.15) is 21.7 Å². The van der Waals surface area contributed by atoms with E-state index in [0.29, 0.717) is 17.1 Å². The van der Waals surface area contributed by atoms with Crippen molar-refractivity contribution in [2.75, 3.05) is 49.2 Å². The maximum Gasteiger partial charge on any atom is 0.276 e. The predicted octanol–water partition coefficient (Wildman–Crippen LogP) is 2.87. The number of amides is 1. The number of carbonyl (C=O) groups excluding carboxylic acids is 1. The second kappa shape index (κ2) is 8.93. The Morgan fingerprint density at radius 1 is 1.10 bits per heavy atom. The van der Waals surface area contributed by atoms with Crippen molar-refractivity contribution in [1.82, 2.24) is 15.1 Å². The summed E-state index contributed by atoms with van der Waals surface area (Å²) >= 11 is 0. The van der Waals surface area contributed by atoms with Crippen LogP contribution in [0, 0.1) is 0 Å². The first-order valence-electron chi connectivity index (χ1n) is 10.1. The number of rotatable bonds is 5. The second-order valence-electron chi connectivity index (χ2n) is 7.65. The molecule has 8 heteroatoms. The molecule has 3 aromatic rings. The van der Waals surface area contributed by atoms with E-state index in [0.717, 1.165) is 37.4 Å². The molecule has 0 aliphatic carbocycles. The SMILES string of the molecule is CN1CCN(c2ccc(N)c(NC(=O)c3cc(/C=C/c4ccc(O)cc4)[nH]n3)c2)CC1. The summed E-state index contributed by atoms with van der Waals surface area (Å²) in [7, 11) is 2.12. The topological polar surface area (TPSA) is 111 Å². The molecule has 0 spiro atoms. The second-order valence-corrected chi connectivity index (χ2v) is 7.65. The average molecular weight is 419 g/mol. The molecule has 1 aromatic heterocycles. The fourth-order valence-corrected chi connectivity index (χ4v) is 3.41. The molecule has 1 aliphatic rings. The number of aromatic amines is 1. The molecule has 0 radical (unpaired) electrons. The number of likely N-dealkylation sites (N-methyl/N-ethyl adjacent to an activating group) is 1. The van der Waals surface area contributed by atoms with Crippen LogP contribution >= 0.6 is 0 Å². The minimum Gasteiger partial charge on any atom is -0.508 e. The zero-order chi connectivity index (χ0) is 21.8. The van der Waals surface area contributed by atoms with Crippen molar-refractivity contribution in [2.24, 2.45) is 0 Å². The van der Waals surface area contributed by atoms with Gasteiger partial charge in [-0.1, -0.05) is 18.2 Å². The summed E-state index contributed by atoms with van der Waals surface area (Å²) in [6.45, 7) is 3.87. The van der Waals surface area contributed by atoms with Gasteiger partial charge < -0.3 is 26.0 Å². The molecule has 0 bridgehead atoms. The van der Waals surface area contributed by atoms with Gasteiger partial charge in [0.1, 0.15) is 5.75 Å². The highest BCUT2D eigenvalue weighted by atomic mass is 16.3. The van der Waals surface area contributed by atoms with Gasteiger partial charge in [-0.3, -0.25) is 9.89 Å². The van der Waals surface area contributed by atoms with E-state index in [2.05, 4.69) is 32.4 Å². The molecule has 1 aliphatic heterocycles. The first-order valence-corrected chi connectivity index (χ1v) is 10.1. The zero-order valence-electron chi connectivity index (χ0n) is 17.4. The van der Waals surface area contributed by atoms with Crippen molar-refractivity contribution in [3.05, 3.63) is 65.5 Å². The molecule has 2 heterocycles. The number of hydrogen-bond acceptors (Lipinski definition) is 6. The Labute approximate surface area is 181 Å². The minimum absolute atomic E-state index is 0.216. The Bertz CT molecular complexity index is 1080. The van der Waals surface area contributed by atoms with Crippen LogP contribution < -0.4 is 16.0 Å². The van der Waals surface area contributed by atoms with Crippen molar-refractivity contribution < 1.29 is 9.90 Å². The van der Waals surface area contributed by atoms with E-state index in [1.165, 1.54) is 0 Å². The molecule has 5 N–H and O–H groups in total. The van der Waals surface area contributed by atoms with Crippen molar-refractivity contribution in [3.8, 4) is 5.75 Å². The first-order chi connectivity index (χ1) is 15.0. The highest BCUT2D eigenvalue weighted by Gasteiger charge is 2.17. The molecule has 1 saturated heterocycles. The third-order valence-corrected chi connectivity index (χ3v) is 5.33. The average Bonchev–Trinajstić information content (AvgIpc) is 3.25. The van der Waals surface area contributed by atoms with E-state index in [1.54, 1.807) is 30.3 Å². The molecule has 2 aromatic carbocycles. The van der Waals surface area contributed by atoms with Crippen molar-refractivity contribution >= 4 is 35.1 Å². The van der Waals surface area contributed by atoms with Gasteiger partial charge in [-0.05, 0) is 55.1 Å². The quantitative estimate of drug-likeness (QED) is 0.474. The number of hydrogen-bond donors (Lipinski definition) is 4. The van der Waals surface area contributed by atoms with Gasteiger partial charge in [0.25, 0.3) is 5.91 Å². The van der Waals surface area contributed by atoms with Crippen LogP contribution in [-0.2, 0) is 0 Å². The molecule has 0 saturated carbocycles. The van der Waals surface area contributed by atoms with Crippen molar-refractivity contribution in [3.63, 3.8) is 0 Å². The van der Waals surface area contributed by atoms with Crippen LogP contribution in [-0.4, -0.2) is 59.3 Å². The molecule has 0 unspecified atom stereocenters. The van der Waals surface area contributed by atoms with Crippen LogP contribution in [0.3, 0.4) is 0 Å². The zero-order valence-corrected chi connectivity index (χ0v) is 17.4. The third kappa shape index (κ3) is 5.04. The number of nitrogens with two attached hydrogens (primary N) is 1. The van der Waals surface area contributed by atoms with E-state index in [9.17, 15) is 9.90 Å². The number of nitrogens with zero attached hydrogens (tertiary/aromatic N) is 3. The Hall–Kier alpha value is -3.78. The maximum absolute atomic E-state index is 12.7. The van der Waals surface area contributed by atoms with Gasteiger partial charge in [0.2, 0.25) is 0 Å². The van der Waals surface area contributed by atoms with Gasteiger partial charge in [-0.25, -0.2) is 0 Å². The fourth-order valence-electron chi connectivity index (χ4n) is 3.41. The molecule has 4 rings (SSSR count). The number of phenolic OH excluding ortho intramolecular Hbond substituents is 1. The summed E-state index contributed by atoms with van der Waals surface area (Å²) in [4.78, 5) is 17.3. The lowest BCUT2D eigenvalue weighted by Crippen LogP contribution is -2.44. The summed E-state index contributed by atoms with van der Waals surface area (Å²) in [6, 6.07) is 14.2. The summed E-state index contributed by atoms with van der Waals surface area (Å²) < 4.78 is 0. The lowest BCUT2D eigenvalue weighted by Gasteiger charge is -2.34. The van der Waals surface area contributed by atoms with Gasteiger partial charge in [0, 0.05) is 31.9 Å². The number of aromatic nitrogens is 2. The Morgan fingerprint density at radius 2 is 1.84 bits per heavy atom. The van der Waals surface area contributed by atoms with Crippen LogP contribution in [0.15, 0.2) is 48.5 Å². The van der Waals surface area contributed by atoms with E-state index in [4.69, 9.17) is 5.73 Å². The highest BCUT2D eigenvalue weighted by molar-refractivity contribution is 6.05. The number of aromatic hydroxyl groups is 1. The number of carbonyl (C=O) groups is 1. The molecule has 1 amide bonds. The number of nitrogens with one attached hydrogen (secondary N) is 2. The number of nitrogen functional groups attached to an aromatic ring is 1. The molecule has 0 atom stereocenters. The van der Waals surface area contributed by atoms with Crippen molar-refractivity contribution in [1.29, 1.82) is 0 Å². The minimum atomic E-state index is -0.331. The van der Waals surface area contributed by atoms with Crippen LogP contribution in [0.4, 0.5) is 17.1 Å². The summed E-state index contributed by atoms with van der Waals surface area (Å²) in [5.74, 6) is -0.114. The van der Waals surface area contributed by atoms with Crippen molar-refractivity contribution in [2.45, 2.75) is 0 Å². The van der Waals surface area contributed by atoms with Gasteiger partial charge in [-0.2, -0.15) is 5.10 Å². The van der Waals surface area contributed by atoms with E-state index < -0.39 is 0 Å². The monoisotopic (exact) mass is 418 g/mol. The van der Waals surface area contributed by atoms with Gasteiger partial charge in [0.05, 0.1) is 17.1 Å². The fraction of sp³-hybridized carbons (Fsp3) is 0.217. The lowest BCUT2D eigenvalue weighted by atomic mass is 10.2. The molecule has 31 heavy (non-hydrogen) atoms. The summed E-state index contributed by atoms with van der Waals surface area (Å²) in [5.41, 5.74) is 10.1. The predicted molar refractivity (Wildman–Crippen MR) is 124 cm³/mol. The molecule has 8 nitrogen and oxygen atoms in total. The lowest BCUT2D eigenvalue weighted by molar-refractivity contribution is 0.102. The Balaban J connectivity index is 1.43. The molecule has 1 fully saturated rings. The van der Waals surface area contributed by atoms with Crippen LogP contribution in [0.25, 0.3) is 12.2 Å². The molecular formula is C23H26N6O2. The number of benzene rings is 2. The Kier molecular flexibility index (Phi) is 5.90. The normalized spacial score (nSPS) is 14.8. The number of piperazine rings is 1. The van der Waals surface area contributed by atoms with Crippen LogP contribution in [0.5, 0.6) is 5.75 Å². The smallest absolute Gasteiger partial charge is 0.276 e. The molecular weight excluding hydrogens is 392 g/mol. The largest absolute Gasteiger partial charge is 0.508 e. The number of H-pyrrole nitrogens is 1. The third-order valence-electron chi connectivity index (χ3n) is 5.33. The van der Waals surface area contributed by atoms with Gasteiger partial charge in [-0.15, -0.1) is 0 Å². The highest BCUT2D eigenvalue weighted by Crippen LogP contribution is 2.27. The van der Waals surface area contributed by atoms with Gasteiger partial charge >= 0.3 is 0 Å². The summed E-state index contributed by atoms with van der Waals surface area (Å²) in [5, 5.41) is 19.2. The number of anilines is 3. The summed E-state index contributed by atoms with van der Waals surface area (Å²) in [6.07, 6.45) is 3.69. The Morgan fingerprint density at radius 3 is 2.58 bits per heavy atom. The van der Waals surface area contributed by atoms with E-state index in [1.807, 2.05) is 30.4 Å². The van der Waals surface area contributed by atoms with Crippen LogP contribution in [0.2, 0.25) is 0 Å². The number of phenols is 1. The first kappa shape index (κ1) is 20.5. The van der Waals surface area contributed by atoms with E-state index >= 15 is 0 Å².